The molecule has 0 aliphatic heterocycles. The molecule has 1 aliphatic rings. The van der Waals surface area contributed by atoms with E-state index in [0.717, 1.165) is 29.1 Å². The highest BCUT2D eigenvalue weighted by molar-refractivity contribution is 7.09. The third-order valence-electron chi connectivity index (χ3n) is 3.73. The molecule has 4 nitrogen and oxygen atoms in total. The van der Waals surface area contributed by atoms with Crippen molar-refractivity contribution >= 4 is 29.7 Å². The summed E-state index contributed by atoms with van der Waals surface area (Å²) in [5, 5.41) is 6.19. The van der Waals surface area contributed by atoms with Gasteiger partial charge in [-0.2, -0.15) is 0 Å². The van der Waals surface area contributed by atoms with Gasteiger partial charge in [0, 0.05) is 23.2 Å². The maximum Gasteiger partial charge on any atom is 0.251 e. The SMILES string of the molecule is Cc1csc(C(NC(=O)c2ccc(CN)cc2)C2CC2)n1.Cl. The summed E-state index contributed by atoms with van der Waals surface area (Å²) in [4.78, 5) is 16.9. The third kappa shape index (κ3) is 3.85. The number of thiazole rings is 1. The van der Waals surface area contributed by atoms with Crippen LogP contribution in [0.15, 0.2) is 29.6 Å². The summed E-state index contributed by atoms with van der Waals surface area (Å²) in [6, 6.07) is 7.50. The van der Waals surface area contributed by atoms with Gasteiger partial charge in [0.05, 0.1) is 6.04 Å². The maximum absolute atomic E-state index is 12.4. The minimum absolute atomic E-state index is 0. The molecule has 3 rings (SSSR count). The van der Waals surface area contributed by atoms with E-state index in [2.05, 4.69) is 10.3 Å². The molecule has 6 heteroatoms. The van der Waals surface area contributed by atoms with Gasteiger partial charge in [-0.15, -0.1) is 23.7 Å². The van der Waals surface area contributed by atoms with Gasteiger partial charge in [-0.05, 0) is 43.4 Å². The molecule has 1 heterocycles. The lowest BCUT2D eigenvalue weighted by Gasteiger charge is -2.16. The van der Waals surface area contributed by atoms with E-state index in [1.807, 2.05) is 36.6 Å². The summed E-state index contributed by atoms with van der Waals surface area (Å²) in [6.07, 6.45) is 2.32. The van der Waals surface area contributed by atoms with Gasteiger partial charge in [-0.25, -0.2) is 4.98 Å². The molecule has 1 fully saturated rings. The Morgan fingerprint density at radius 3 is 2.59 bits per heavy atom. The van der Waals surface area contributed by atoms with Gasteiger partial charge in [-0.3, -0.25) is 4.79 Å². The lowest BCUT2D eigenvalue weighted by Crippen LogP contribution is -2.29. The van der Waals surface area contributed by atoms with Crippen LogP contribution < -0.4 is 11.1 Å². The molecular weight excluding hydrogens is 318 g/mol. The van der Waals surface area contributed by atoms with Crippen molar-refractivity contribution in [1.29, 1.82) is 0 Å². The fourth-order valence-corrected chi connectivity index (χ4v) is 3.28. The molecule has 22 heavy (non-hydrogen) atoms. The summed E-state index contributed by atoms with van der Waals surface area (Å²) in [6.45, 7) is 2.47. The van der Waals surface area contributed by atoms with Crippen LogP contribution in [0.1, 0.15) is 45.5 Å². The van der Waals surface area contributed by atoms with Gasteiger partial charge >= 0.3 is 0 Å². The number of aryl methyl sites for hydroxylation is 1. The predicted molar refractivity (Wildman–Crippen MR) is 91.4 cm³/mol. The third-order valence-corrected chi connectivity index (χ3v) is 4.78. The van der Waals surface area contributed by atoms with Gasteiger partial charge in [0.2, 0.25) is 0 Å². The number of aromatic nitrogens is 1. The number of halogens is 1. The molecule has 1 saturated carbocycles. The van der Waals surface area contributed by atoms with Gasteiger partial charge in [0.15, 0.2) is 0 Å². The minimum atomic E-state index is -0.0386. The average molecular weight is 338 g/mol. The Hall–Kier alpha value is -1.43. The van der Waals surface area contributed by atoms with E-state index in [4.69, 9.17) is 5.73 Å². The first-order valence-corrected chi connectivity index (χ1v) is 8.07. The maximum atomic E-state index is 12.4. The average Bonchev–Trinajstić information content (AvgIpc) is 3.26. The Bertz CT molecular complexity index is 637. The van der Waals surface area contributed by atoms with E-state index >= 15 is 0 Å². The zero-order valence-electron chi connectivity index (χ0n) is 12.4. The van der Waals surface area contributed by atoms with Crippen molar-refractivity contribution < 1.29 is 4.79 Å². The Kier molecular flexibility index (Phi) is 5.56. The number of hydrogen-bond donors (Lipinski definition) is 2. The van der Waals surface area contributed by atoms with E-state index in [1.54, 1.807) is 11.3 Å². The van der Waals surface area contributed by atoms with Crippen molar-refractivity contribution in [2.24, 2.45) is 11.7 Å². The van der Waals surface area contributed by atoms with E-state index in [9.17, 15) is 4.79 Å². The van der Waals surface area contributed by atoms with E-state index in [1.165, 1.54) is 0 Å². The Morgan fingerprint density at radius 2 is 2.09 bits per heavy atom. The monoisotopic (exact) mass is 337 g/mol. The molecule has 1 aromatic heterocycles. The molecular formula is C16H20ClN3OS. The molecule has 0 saturated heterocycles. The highest BCUT2D eigenvalue weighted by Crippen LogP contribution is 2.41. The Balaban J connectivity index is 0.00000176. The van der Waals surface area contributed by atoms with Crippen LogP contribution in [0.3, 0.4) is 0 Å². The largest absolute Gasteiger partial charge is 0.343 e. The number of benzene rings is 1. The number of hydrogen-bond acceptors (Lipinski definition) is 4. The van der Waals surface area contributed by atoms with Gasteiger partial charge < -0.3 is 11.1 Å². The number of nitrogens with zero attached hydrogens (tertiary/aromatic N) is 1. The second-order valence-corrected chi connectivity index (χ2v) is 6.41. The number of nitrogens with two attached hydrogens (primary N) is 1. The number of rotatable bonds is 5. The van der Waals surface area contributed by atoms with Crippen molar-refractivity contribution in [3.63, 3.8) is 0 Å². The lowest BCUT2D eigenvalue weighted by atomic mass is 10.1. The molecule has 0 bridgehead atoms. The minimum Gasteiger partial charge on any atom is -0.343 e. The molecule has 1 amide bonds. The molecule has 1 aromatic carbocycles. The fraction of sp³-hybridized carbons (Fsp3) is 0.375. The van der Waals surface area contributed by atoms with Crippen LogP contribution in [0.25, 0.3) is 0 Å². The predicted octanol–water partition coefficient (Wildman–Crippen LogP) is 3.21. The molecule has 1 aliphatic carbocycles. The van der Waals surface area contributed by atoms with Crippen LogP contribution in [0, 0.1) is 12.8 Å². The first-order chi connectivity index (χ1) is 10.2. The van der Waals surface area contributed by atoms with E-state index < -0.39 is 0 Å². The Morgan fingerprint density at radius 1 is 1.41 bits per heavy atom. The van der Waals surface area contributed by atoms with Gasteiger partial charge in [0.25, 0.3) is 5.91 Å². The van der Waals surface area contributed by atoms with Crippen molar-refractivity contribution in [2.75, 3.05) is 0 Å². The van der Waals surface area contributed by atoms with E-state index in [-0.39, 0.29) is 24.4 Å². The molecule has 1 unspecified atom stereocenters. The second-order valence-electron chi connectivity index (χ2n) is 5.52. The smallest absolute Gasteiger partial charge is 0.251 e. The summed E-state index contributed by atoms with van der Waals surface area (Å²) in [7, 11) is 0. The second kappa shape index (κ2) is 7.22. The molecule has 118 valence electrons. The van der Waals surface area contributed by atoms with E-state index in [0.29, 0.717) is 18.0 Å². The normalized spacial score (nSPS) is 15.0. The summed E-state index contributed by atoms with van der Waals surface area (Å²) in [5.41, 5.74) is 8.29. The number of carbonyl (C=O) groups excluding carboxylic acids is 1. The summed E-state index contributed by atoms with van der Waals surface area (Å²) >= 11 is 1.63. The first-order valence-electron chi connectivity index (χ1n) is 7.19. The van der Waals surface area contributed by atoms with Crippen molar-refractivity contribution in [2.45, 2.75) is 32.4 Å². The van der Waals surface area contributed by atoms with Crippen LogP contribution in [0.5, 0.6) is 0 Å². The van der Waals surface area contributed by atoms with Crippen molar-refractivity contribution in [1.82, 2.24) is 10.3 Å². The molecule has 1 atom stereocenters. The molecule has 0 spiro atoms. The zero-order chi connectivity index (χ0) is 14.8. The standard InChI is InChI=1S/C16H19N3OS.ClH/c1-10-9-21-16(18-10)14(12-6-7-12)19-15(20)13-4-2-11(8-17)3-5-13;/h2-5,9,12,14H,6-8,17H2,1H3,(H,19,20);1H. The first kappa shape index (κ1) is 16.9. The summed E-state index contributed by atoms with van der Waals surface area (Å²) in [5.74, 6) is 0.492. The molecule has 3 N–H and O–H groups in total. The Labute approximate surface area is 140 Å². The van der Waals surface area contributed by atoms with Gasteiger partial charge in [-0.1, -0.05) is 12.1 Å². The van der Waals surface area contributed by atoms with Gasteiger partial charge in [0.1, 0.15) is 5.01 Å². The highest BCUT2D eigenvalue weighted by atomic mass is 35.5. The number of amides is 1. The number of carbonyl (C=O) groups is 1. The van der Waals surface area contributed by atoms with Crippen LogP contribution in [-0.4, -0.2) is 10.9 Å². The molecule has 0 radical (unpaired) electrons. The fourth-order valence-electron chi connectivity index (χ4n) is 2.34. The molecule has 2 aromatic rings. The quantitative estimate of drug-likeness (QED) is 0.880. The van der Waals surface area contributed by atoms with Crippen LogP contribution in [0.2, 0.25) is 0 Å². The van der Waals surface area contributed by atoms with Crippen LogP contribution >= 0.6 is 23.7 Å². The van der Waals surface area contributed by atoms with Crippen LogP contribution in [0.4, 0.5) is 0 Å². The van der Waals surface area contributed by atoms with Crippen LogP contribution in [-0.2, 0) is 6.54 Å². The summed E-state index contributed by atoms with van der Waals surface area (Å²) < 4.78 is 0. The lowest BCUT2D eigenvalue weighted by molar-refractivity contribution is 0.0931. The highest BCUT2D eigenvalue weighted by Gasteiger charge is 2.35. The number of nitrogens with one attached hydrogen (secondary N) is 1. The van der Waals surface area contributed by atoms with Crippen molar-refractivity contribution in [3.8, 4) is 0 Å². The zero-order valence-corrected chi connectivity index (χ0v) is 14.0. The topological polar surface area (TPSA) is 68.0 Å². The van der Waals surface area contributed by atoms with Crippen molar-refractivity contribution in [3.05, 3.63) is 51.5 Å².